The Morgan fingerprint density at radius 3 is 2.79 bits per heavy atom. The van der Waals surface area contributed by atoms with Crippen LogP contribution in [0.1, 0.15) is 5.56 Å². The highest BCUT2D eigenvalue weighted by Crippen LogP contribution is 2.32. The van der Waals surface area contributed by atoms with Gasteiger partial charge in [0, 0.05) is 5.56 Å². The van der Waals surface area contributed by atoms with Crippen LogP contribution >= 0.6 is 11.6 Å². The summed E-state index contributed by atoms with van der Waals surface area (Å²) in [4.78, 5) is 0. The van der Waals surface area contributed by atoms with Crippen molar-refractivity contribution in [3.8, 4) is 11.3 Å². The molecule has 1 heterocycles. The molecule has 0 bridgehead atoms. The predicted molar refractivity (Wildman–Crippen MR) is 56.1 cm³/mol. The Morgan fingerprint density at radius 1 is 1.43 bits per heavy atom. The standard InChI is InChI=1S/C10H9ClN2O/c1-6-2-3-7(8(11)4-6)10-9(12)5-13-14-10/h2-5H,12H2,1H3. The molecule has 72 valence electrons. The van der Waals surface area contributed by atoms with Crippen molar-refractivity contribution in [2.24, 2.45) is 0 Å². The van der Waals surface area contributed by atoms with E-state index >= 15 is 0 Å². The zero-order chi connectivity index (χ0) is 10.1. The topological polar surface area (TPSA) is 52.0 Å². The number of aromatic nitrogens is 1. The van der Waals surface area contributed by atoms with Crippen LogP contribution in [-0.4, -0.2) is 5.16 Å². The molecule has 0 radical (unpaired) electrons. The van der Waals surface area contributed by atoms with Crippen LogP contribution in [0.4, 0.5) is 5.69 Å². The lowest BCUT2D eigenvalue weighted by Crippen LogP contribution is -1.86. The molecule has 0 amide bonds. The maximum absolute atomic E-state index is 6.05. The number of halogens is 1. The van der Waals surface area contributed by atoms with Crippen molar-refractivity contribution in [2.45, 2.75) is 6.92 Å². The van der Waals surface area contributed by atoms with Gasteiger partial charge in [-0.05, 0) is 24.6 Å². The number of hydrogen-bond acceptors (Lipinski definition) is 3. The largest absolute Gasteiger partial charge is 0.394 e. The number of nitrogen functional groups attached to an aromatic ring is 1. The Kier molecular flexibility index (Phi) is 2.17. The van der Waals surface area contributed by atoms with Crippen LogP contribution in [-0.2, 0) is 0 Å². The van der Waals surface area contributed by atoms with Gasteiger partial charge in [-0.3, -0.25) is 0 Å². The van der Waals surface area contributed by atoms with E-state index in [-0.39, 0.29) is 0 Å². The Morgan fingerprint density at radius 2 is 2.21 bits per heavy atom. The van der Waals surface area contributed by atoms with Crippen LogP contribution in [0, 0.1) is 6.92 Å². The second-order valence-electron chi connectivity index (χ2n) is 3.09. The second kappa shape index (κ2) is 3.35. The first-order valence-electron chi connectivity index (χ1n) is 4.15. The summed E-state index contributed by atoms with van der Waals surface area (Å²) in [7, 11) is 0. The molecule has 0 saturated carbocycles. The lowest BCUT2D eigenvalue weighted by molar-refractivity contribution is 0.432. The minimum Gasteiger partial charge on any atom is -0.394 e. The van der Waals surface area contributed by atoms with Gasteiger partial charge in [-0.1, -0.05) is 22.8 Å². The van der Waals surface area contributed by atoms with Crippen molar-refractivity contribution in [1.29, 1.82) is 0 Å². The summed E-state index contributed by atoms with van der Waals surface area (Å²) >= 11 is 6.05. The van der Waals surface area contributed by atoms with E-state index in [0.717, 1.165) is 11.1 Å². The highest BCUT2D eigenvalue weighted by atomic mass is 35.5. The van der Waals surface area contributed by atoms with E-state index < -0.39 is 0 Å². The molecule has 3 nitrogen and oxygen atoms in total. The average Bonchev–Trinajstić information content (AvgIpc) is 2.52. The summed E-state index contributed by atoms with van der Waals surface area (Å²) in [5.41, 5.74) is 8.03. The molecule has 0 unspecified atom stereocenters. The fraction of sp³-hybridized carbons (Fsp3) is 0.100. The third-order valence-electron chi connectivity index (χ3n) is 1.97. The lowest BCUT2D eigenvalue weighted by Gasteiger charge is -2.01. The lowest BCUT2D eigenvalue weighted by atomic mass is 10.1. The van der Waals surface area contributed by atoms with Crippen molar-refractivity contribution < 1.29 is 4.52 Å². The van der Waals surface area contributed by atoms with Gasteiger partial charge in [0.25, 0.3) is 0 Å². The minimum atomic E-state index is 0.496. The minimum absolute atomic E-state index is 0.496. The van der Waals surface area contributed by atoms with E-state index in [4.69, 9.17) is 21.9 Å². The molecule has 2 aromatic rings. The van der Waals surface area contributed by atoms with Gasteiger partial charge in [0.2, 0.25) is 0 Å². The Bertz CT molecular complexity index is 465. The average molecular weight is 209 g/mol. The number of aryl methyl sites for hydroxylation is 1. The van der Waals surface area contributed by atoms with E-state index in [0.29, 0.717) is 16.5 Å². The van der Waals surface area contributed by atoms with Crippen LogP contribution in [0.25, 0.3) is 11.3 Å². The van der Waals surface area contributed by atoms with E-state index in [2.05, 4.69) is 5.16 Å². The number of nitrogens with two attached hydrogens (primary N) is 1. The summed E-state index contributed by atoms with van der Waals surface area (Å²) in [5, 5.41) is 4.22. The third kappa shape index (κ3) is 1.46. The maximum atomic E-state index is 6.05. The van der Waals surface area contributed by atoms with E-state index in [1.807, 2.05) is 25.1 Å². The summed E-state index contributed by atoms with van der Waals surface area (Å²) in [6, 6.07) is 5.68. The van der Waals surface area contributed by atoms with E-state index in [9.17, 15) is 0 Å². The first-order valence-corrected chi connectivity index (χ1v) is 4.53. The molecule has 2 rings (SSSR count). The summed E-state index contributed by atoms with van der Waals surface area (Å²) < 4.78 is 5.01. The zero-order valence-electron chi connectivity index (χ0n) is 7.62. The van der Waals surface area contributed by atoms with Gasteiger partial charge in [0.15, 0.2) is 5.76 Å². The van der Waals surface area contributed by atoms with Crippen molar-refractivity contribution >= 4 is 17.3 Å². The molecule has 0 spiro atoms. The van der Waals surface area contributed by atoms with Crippen molar-refractivity contribution in [1.82, 2.24) is 5.16 Å². The van der Waals surface area contributed by atoms with Gasteiger partial charge in [-0.2, -0.15) is 0 Å². The first-order chi connectivity index (χ1) is 6.68. The normalized spacial score (nSPS) is 10.4. The van der Waals surface area contributed by atoms with Crippen LogP contribution in [0.3, 0.4) is 0 Å². The molecule has 4 heteroatoms. The third-order valence-corrected chi connectivity index (χ3v) is 2.28. The molecular weight excluding hydrogens is 200 g/mol. The molecule has 0 saturated heterocycles. The summed E-state index contributed by atoms with van der Waals surface area (Å²) in [6.07, 6.45) is 1.46. The van der Waals surface area contributed by atoms with Gasteiger partial charge >= 0.3 is 0 Å². The maximum Gasteiger partial charge on any atom is 0.191 e. The monoisotopic (exact) mass is 208 g/mol. The summed E-state index contributed by atoms with van der Waals surface area (Å²) in [5.74, 6) is 0.523. The van der Waals surface area contributed by atoms with E-state index in [1.54, 1.807) is 0 Å². The van der Waals surface area contributed by atoms with E-state index in [1.165, 1.54) is 6.20 Å². The Hall–Kier alpha value is -1.48. The molecule has 0 aliphatic rings. The van der Waals surface area contributed by atoms with Gasteiger partial charge in [0.1, 0.15) is 5.69 Å². The second-order valence-corrected chi connectivity index (χ2v) is 3.50. The van der Waals surface area contributed by atoms with Crippen molar-refractivity contribution in [3.63, 3.8) is 0 Å². The number of benzene rings is 1. The van der Waals surface area contributed by atoms with Gasteiger partial charge < -0.3 is 10.3 Å². The fourth-order valence-electron chi connectivity index (χ4n) is 1.26. The number of rotatable bonds is 1. The SMILES string of the molecule is Cc1ccc(-c2oncc2N)c(Cl)c1. The fourth-order valence-corrected chi connectivity index (χ4v) is 1.58. The van der Waals surface area contributed by atoms with Crippen LogP contribution in [0.5, 0.6) is 0 Å². The Labute approximate surface area is 86.5 Å². The van der Waals surface area contributed by atoms with Crippen molar-refractivity contribution in [3.05, 3.63) is 35.0 Å². The molecular formula is C10H9ClN2O. The molecule has 2 N–H and O–H groups in total. The van der Waals surface area contributed by atoms with Crippen LogP contribution in [0.2, 0.25) is 5.02 Å². The molecule has 0 atom stereocenters. The molecule has 0 aliphatic carbocycles. The highest BCUT2D eigenvalue weighted by molar-refractivity contribution is 6.33. The molecule has 1 aromatic carbocycles. The number of hydrogen-bond donors (Lipinski definition) is 1. The van der Waals surface area contributed by atoms with Crippen molar-refractivity contribution in [2.75, 3.05) is 5.73 Å². The number of anilines is 1. The Balaban J connectivity index is 2.58. The molecule has 0 fully saturated rings. The molecule has 0 aliphatic heterocycles. The number of nitrogens with zero attached hydrogens (tertiary/aromatic N) is 1. The quantitative estimate of drug-likeness (QED) is 0.784. The summed E-state index contributed by atoms with van der Waals surface area (Å²) in [6.45, 7) is 1.97. The van der Waals surface area contributed by atoms with Gasteiger partial charge in [-0.15, -0.1) is 0 Å². The van der Waals surface area contributed by atoms with Crippen LogP contribution in [0.15, 0.2) is 28.9 Å². The van der Waals surface area contributed by atoms with Crippen LogP contribution < -0.4 is 5.73 Å². The highest BCUT2D eigenvalue weighted by Gasteiger charge is 2.11. The van der Waals surface area contributed by atoms with Gasteiger partial charge in [-0.25, -0.2) is 0 Å². The zero-order valence-corrected chi connectivity index (χ0v) is 8.38. The molecule has 14 heavy (non-hydrogen) atoms. The first kappa shape index (κ1) is 9.09. The predicted octanol–water partition coefficient (Wildman–Crippen LogP) is 2.89. The smallest absolute Gasteiger partial charge is 0.191 e. The van der Waals surface area contributed by atoms with Gasteiger partial charge in [0.05, 0.1) is 11.2 Å². The molecule has 1 aromatic heterocycles.